The fraction of sp³-hybridized carbons (Fsp3) is 0.917. The molecule has 5 nitrogen and oxygen atoms in total. The molecule has 1 heterocycles. The van der Waals surface area contributed by atoms with E-state index in [1.807, 2.05) is 0 Å². The van der Waals surface area contributed by atoms with Crippen molar-refractivity contribution < 1.29 is 9.53 Å². The Morgan fingerprint density at radius 3 is 3.06 bits per heavy atom. The zero-order valence-electron chi connectivity index (χ0n) is 10.8. The highest BCUT2D eigenvalue weighted by molar-refractivity contribution is 5.73. The Morgan fingerprint density at radius 1 is 1.53 bits per heavy atom. The number of nitrogens with zero attached hydrogens (tertiary/aromatic N) is 1. The van der Waals surface area contributed by atoms with Crippen molar-refractivity contribution in [3.05, 3.63) is 0 Å². The molecule has 0 saturated carbocycles. The topological polar surface area (TPSA) is 67.6 Å². The quantitative estimate of drug-likeness (QED) is 0.587. The molecule has 0 aromatic carbocycles. The number of primary amides is 1. The summed E-state index contributed by atoms with van der Waals surface area (Å²) in [6.45, 7) is 4.49. The molecule has 0 radical (unpaired) electrons. The van der Waals surface area contributed by atoms with Crippen molar-refractivity contribution in [1.82, 2.24) is 10.2 Å². The lowest BCUT2D eigenvalue weighted by Crippen LogP contribution is -2.46. The number of carbonyl (C=O) groups excluding carboxylic acids is 1. The largest absolute Gasteiger partial charge is 0.383 e. The average Bonchev–Trinajstić information content (AvgIpc) is 2.33. The molecule has 1 unspecified atom stereocenters. The average molecular weight is 243 g/mol. The third kappa shape index (κ3) is 6.00. The van der Waals surface area contributed by atoms with Crippen molar-refractivity contribution in [2.75, 3.05) is 39.9 Å². The third-order valence-electron chi connectivity index (χ3n) is 3.26. The number of piperidine rings is 1. The Labute approximate surface area is 104 Å². The predicted octanol–water partition coefficient (Wildman–Crippen LogP) is -0.0477. The van der Waals surface area contributed by atoms with E-state index >= 15 is 0 Å². The number of rotatable bonds is 8. The maximum atomic E-state index is 10.8. The molecule has 3 N–H and O–H groups in total. The van der Waals surface area contributed by atoms with Gasteiger partial charge in [-0.25, -0.2) is 0 Å². The van der Waals surface area contributed by atoms with E-state index in [1.165, 1.54) is 19.3 Å². The van der Waals surface area contributed by atoms with Crippen LogP contribution in [0, 0.1) is 0 Å². The fourth-order valence-corrected chi connectivity index (χ4v) is 2.28. The smallest absolute Gasteiger partial charge is 0.218 e. The minimum absolute atomic E-state index is 0.207. The van der Waals surface area contributed by atoms with Gasteiger partial charge in [0.2, 0.25) is 5.91 Å². The van der Waals surface area contributed by atoms with Crippen LogP contribution in [0.1, 0.15) is 25.7 Å². The molecule has 5 heteroatoms. The molecule has 0 aromatic heterocycles. The Bertz CT molecular complexity index is 224. The first kappa shape index (κ1) is 14.4. The molecule has 0 aromatic rings. The molecular weight excluding hydrogens is 218 g/mol. The number of ether oxygens (including phenoxy) is 1. The van der Waals surface area contributed by atoms with Crippen molar-refractivity contribution in [3.63, 3.8) is 0 Å². The van der Waals surface area contributed by atoms with E-state index in [2.05, 4.69) is 10.2 Å². The van der Waals surface area contributed by atoms with Crippen molar-refractivity contribution >= 4 is 5.91 Å². The molecular formula is C12H25N3O2. The van der Waals surface area contributed by atoms with Crippen LogP contribution >= 0.6 is 0 Å². The normalized spacial score (nSPS) is 21.6. The Kier molecular flexibility index (Phi) is 7.16. The van der Waals surface area contributed by atoms with Gasteiger partial charge in [0.1, 0.15) is 0 Å². The second-order valence-electron chi connectivity index (χ2n) is 4.60. The molecule has 1 aliphatic heterocycles. The summed E-state index contributed by atoms with van der Waals surface area (Å²) in [5.41, 5.74) is 5.20. The van der Waals surface area contributed by atoms with Crippen LogP contribution in [0.3, 0.4) is 0 Å². The molecule has 100 valence electrons. The van der Waals surface area contributed by atoms with Crippen LogP contribution in [-0.2, 0) is 9.53 Å². The monoisotopic (exact) mass is 243 g/mol. The number of carbonyl (C=O) groups is 1. The molecule has 1 atom stereocenters. The highest BCUT2D eigenvalue weighted by Crippen LogP contribution is 2.16. The Morgan fingerprint density at radius 2 is 2.35 bits per heavy atom. The molecule has 0 bridgehead atoms. The van der Waals surface area contributed by atoms with Gasteiger partial charge in [-0.3, -0.25) is 9.69 Å². The number of methoxy groups -OCH3 is 1. The van der Waals surface area contributed by atoms with Crippen LogP contribution in [0.25, 0.3) is 0 Å². The summed E-state index contributed by atoms with van der Waals surface area (Å²) in [4.78, 5) is 13.2. The molecule has 17 heavy (non-hydrogen) atoms. The summed E-state index contributed by atoms with van der Waals surface area (Å²) in [7, 11) is 1.71. The van der Waals surface area contributed by atoms with Gasteiger partial charge in [0.25, 0.3) is 0 Å². The zero-order chi connectivity index (χ0) is 12.5. The minimum atomic E-state index is -0.207. The number of hydrogen-bond donors (Lipinski definition) is 2. The summed E-state index contributed by atoms with van der Waals surface area (Å²) >= 11 is 0. The SMILES string of the molecule is COCCNCC1CCCCN1CCC(N)=O. The first-order valence-corrected chi connectivity index (χ1v) is 6.46. The number of nitrogens with two attached hydrogens (primary N) is 1. The minimum Gasteiger partial charge on any atom is -0.383 e. The van der Waals surface area contributed by atoms with Gasteiger partial charge in [0.05, 0.1) is 6.61 Å². The summed E-state index contributed by atoms with van der Waals surface area (Å²) in [6.07, 6.45) is 4.18. The summed E-state index contributed by atoms with van der Waals surface area (Å²) in [5.74, 6) is -0.207. The van der Waals surface area contributed by atoms with E-state index in [0.717, 1.165) is 32.8 Å². The van der Waals surface area contributed by atoms with E-state index in [0.29, 0.717) is 12.5 Å². The molecule has 0 spiro atoms. The van der Waals surface area contributed by atoms with Gasteiger partial charge in [0, 0.05) is 39.2 Å². The van der Waals surface area contributed by atoms with Gasteiger partial charge in [-0.2, -0.15) is 0 Å². The van der Waals surface area contributed by atoms with Crippen LogP contribution in [0.15, 0.2) is 0 Å². The van der Waals surface area contributed by atoms with Crippen molar-refractivity contribution in [3.8, 4) is 0 Å². The fourth-order valence-electron chi connectivity index (χ4n) is 2.28. The summed E-state index contributed by atoms with van der Waals surface area (Å²) in [5, 5.41) is 3.39. The van der Waals surface area contributed by atoms with Crippen molar-refractivity contribution in [1.29, 1.82) is 0 Å². The van der Waals surface area contributed by atoms with E-state index in [-0.39, 0.29) is 5.91 Å². The first-order valence-electron chi connectivity index (χ1n) is 6.46. The highest BCUT2D eigenvalue weighted by atomic mass is 16.5. The second kappa shape index (κ2) is 8.44. The third-order valence-corrected chi connectivity index (χ3v) is 3.26. The van der Waals surface area contributed by atoms with Crippen molar-refractivity contribution in [2.24, 2.45) is 5.73 Å². The van der Waals surface area contributed by atoms with Gasteiger partial charge in [-0.1, -0.05) is 6.42 Å². The lowest BCUT2D eigenvalue weighted by molar-refractivity contribution is -0.118. The Hall–Kier alpha value is -0.650. The van der Waals surface area contributed by atoms with Crippen LogP contribution in [-0.4, -0.2) is 56.7 Å². The predicted molar refractivity (Wildman–Crippen MR) is 67.8 cm³/mol. The molecule has 0 aliphatic carbocycles. The number of nitrogens with one attached hydrogen (secondary N) is 1. The van der Waals surface area contributed by atoms with Crippen LogP contribution in [0.5, 0.6) is 0 Å². The van der Waals surface area contributed by atoms with Gasteiger partial charge >= 0.3 is 0 Å². The van der Waals surface area contributed by atoms with E-state index in [9.17, 15) is 4.79 Å². The van der Waals surface area contributed by atoms with Gasteiger partial charge in [-0.05, 0) is 19.4 Å². The number of amides is 1. The van der Waals surface area contributed by atoms with Gasteiger partial charge in [0.15, 0.2) is 0 Å². The molecule has 1 aliphatic rings. The molecule has 1 saturated heterocycles. The van der Waals surface area contributed by atoms with Crippen molar-refractivity contribution in [2.45, 2.75) is 31.7 Å². The van der Waals surface area contributed by atoms with E-state index in [1.54, 1.807) is 7.11 Å². The lowest BCUT2D eigenvalue weighted by Gasteiger charge is -2.35. The summed E-state index contributed by atoms with van der Waals surface area (Å²) in [6, 6.07) is 0.542. The van der Waals surface area contributed by atoms with Crippen LogP contribution < -0.4 is 11.1 Å². The number of hydrogen-bond acceptors (Lipinski definition) is 4. The number of likely N-dealkylation sites (tertiary alicyclic amines) is 1. The Balaban J connectivity index is 2.24. The zero-order valence-corrected chi connectivity index (χ0v) is 10.8. The van der Waals surface area contributed by atoms with E-state index < -0.39 is 0 Å². The van der Waals surface area contributed by atoms with Gasteiger partial charge in [-0.15, -0.1) is 0 Å². The van der Waals surface area contributed by atoms with Crippen LogP contribution in [0.4, 0.5) is 0 Å². The first-order chi connectivity index (χ1) is 8.24. The lowest BCUT2D eigenvalue weighted by atomic mass is 10.0. The molecule has 1 amide bonds. The standard InChI is InChI=1S/C12H25N3O2/c1-17-9-6-14-10-11-4-2-3-7-15(11)8-5-12(13)16/h11,14H,2-10H2,1H3,(H2,13,16). The molecule has 1 rings (SSSR count). The molecule has 1 fully saturated rings. The summed E-state index contributed by atoms with van der Waals surface area (Å²) < 4.78 is 5.00. The highest BCUT2D eigenvalue weighted by Gasteiger charge is 2.21. The maximum absolute atomic E-state index is 10.8. The maximum Gasteiger partial charge on any atom is 0.218 e. The van der Waals surface area contributed by atoms with E-state index in [4.69, 9.17) is 10.5 Å². The second-order valence-corrected chi connectivity index (χ2v) is 4.60. The van der Waals surface area contributed by atoms with Gasteiger partial charge < -0.3 is 15.8 Å². The van der Waals surface area contributed by atoms with Crippen LogP contribution in [0.2, 0.25) is 0 Å².